The van der Waals surface area contributed by atoms with Gasteiger partial charge < -0.3 is 20.5 Å². The average molecular weight is 497 g/mol. The number of anilines is 1. The molecule has 3 heterocycles. The van der Waals surface area contributed by atoms with E-state index in [2.05, 4.69) is 36.9 Å². The lowest BCUT2D eigenvalue weighted by molar-refractivity contribution is 0.380. The van der Waals surface area contributed by atoms with Crippen LogP contribution in [-0.2, 0) is 6.54 Å². The standard InChI is InChI=1S/C19H21ClN6.HI/c20-15-2-5-17(6-3-15)25-9-11-26(12-10-25)19(21)23-13-16-4-1-14-7-8-22-18(14)24-16;/h1-8H,9-13H2,(H2,21,23)(H,22,24);1H. The van der Waals surface area contributed by atoms with E-state index in [1.165, 1.54) is 5.69 Å². The summed E-state index contributed by atoms with van der Waals surface area (Å²) in [5.41, 5.74) is 9.17. The highest BCUT2D eigenvalue weighted by molar-refractivity contribution is 14.0. The van der Waals surface area contributed by atoms with Gasteiger partial charge in [0.2, 0.25) is 0 Å². The summed E-state index contributed by atoms with van der Waals surface area (Å²) >= 11 is 5.96. The zero-order valence-electron chi connectivity index (χ0n) is 14.8. The Kier molecular flexibility index (Phi) is 6.43. The van der Waals surface area contributed by atoms with Crippen molar-refractivity contribution in [2.24, 2.45) is 10.7 Å². The van der Waals surface area contributed by atoms with E-state index in [0.717, 1.165) is 47.9 Å². The highest BCUT2D eigenvalue weighted by atomic mass is 127. The van der Waals surface area contributed by atoms with Gasteiger partial charge >= 0.3 is 0 Å². The Hall–Kier alpha value is -2.00. The summed E-state index contributed by atoms with van der Waals surface area (Å²) in [4.78, 5) is 16.7. The zero-order chi connectivity index (χ0) is 17.9. The van der Waals surface area contributed by atoms with Crippen molar-refractivity contribution in [1.82, 2.24) is 14.9 Å². The lowest BCUT2D eigenvalue weighted by Gasteiger charge is -2.36. The molecule has 0 atom stereocenters. The van der Waals surface area contributed by atoms with Gasteiger partial charge in [0.05, 0.1) is 12.2 Å². The van der Waals surface area contributed by atoms with Crippen LogP contribution in [-0.4, -0.2) is 47.0 Å². The maximum Gasteiger partial charge on any atom is 0.191 e. The highest BCUT2D eigenvalue weighted by Gasteiger charge is 2.18. The third-order valence-electron chi connectivity index (χ3n) is 4.67. The Morgan fingerprint density at radius 2 is 1.81 bits per heavy atom. The lowest BCUT2D eigenvalue weighted by Crippen LogP contribution is -2.51. The maximum absolute atomic E-state index is 6.20. The molecule has 0 unspecified atom stereocenters. The SMILES string of the molecule is I.NC(=NCc1ccc2cc[nH]c2n1)N1CCN(c2ccc(Cl)cc2)CC1. The summed E-state index contributed by atoms with van der Waals surface area (Å²) in [6.45, 7) is 4.00. The van der Waals surface area contributed by atoms with Gasteiger partial charge in [-0.25, -0.2) is 9.98 Å². The van der Waals surface area contributed by atoms with Crippen molar-refractivity contribution < 1.29 is 0 Å². The molecule has 3 N–H and O–H groups in total. The zero-order valence-corrected chi connectivity index (χ0v) is 17.9. The van der Waals surface area contributed by atoms with Gasteiger partial charge in [-0.1, -0.05) is 11.6 Å². The predicted molar refractivity (Wildman–Crippen MR) is 122 cm³/mol. The van der Waals surface area contributed by atoms with Crippen LogP contribution in [0.1, 0.15) is 5.69 Å². The Labute approximate surface area is 180 Å². The summed E-state index contributed by atoms with van der Waals surface area (Å²) in [6, 6.07) is 14.0. The lowest BCUT2D eigenvalue weighted by atomic mass is 10.2. The Morgan fingerprint density at radius 1 is 1.07 bits per heavy atom. The van der Waals surface area contributed by atoms with Crippen LogP contribution >= 0.6 is 35.6 Å². The first-order chi connectivity index (χ1) is 12.7. The number of nitrogens with one attached hydrogen (secondary N) is 1. The number of benzene rings is 1. The van der Waals surface area contributed by atoms with Crippen LogP contribution in [0.25, 0.3) is 11.0 Å². The van der Waals surface area contributed by atoms with E-state index >= 15 is 0 Å². The normalized spacial score (nSPS) is 15.1. The second kappa shape index (κ2) is 8.79. The number of hydrogen-bond donors (Lipinski definition) is 2. The number of guanidine groups is 1. The molecule has 2 aromatic heterocycles. The number of rotatable bonds is 3. The quantitative estimate of drug-likeness (QED) is 0.331. The fraction of sp³-hybridized carbons (Fsp3) is 0.263. The van der Waals surface area contributed by atoms with Crippen molar-refractivity contribution in [3.63, 3.8) is 0 Å². The van der Waals surface area contributed by atoms with Crippen LogP contribution in [0, 0.1) is 0 Å². The molecule has 1 saturated heterocycles. The molecule has 0 radical (unpaired) electrons. The molecule has 6 nitrogen and oxygen atoms in total. The van der Waals surface area contributed by atoms with E-state index in [9.17, 15) is 0 Å². The summed E-state index contributed by atoms with van der Waals surface area (Å²) < 4.78 is 0. The van der Waals surface area contributed by atoms with Crippen LogP contribution < -0.4 is 10.6 Å². The fourth-order valence-corrected chi connectivity index (χ4v) is 3.29. The second-order valence-corrected chi connectivity index (χ2v) is 6.78. The van der Waals surface area contributed by atoms with Gasteiger partial charge in [-0.3, -0.25) is 0 Å². The summed E-state index contributed by atoms with van der Waals surface area (Å²) in [6.07, 6.45) is 1.89. The van der Waals surface area contributed by atoms with Crippen molar-refractivity contribution in [1.29, 1.82) is 0 Å². The van der Waals surface area contributed by atoms with Crippen LogP contribution in [0.15, 0.2) is 53.7 Å². The number of piperazine rings is 1. The van der Waals surface area contributed by atoms with Crippen LogP contribution in [0.2, 0.25) is 5.02 Å². The molecule has 3 aromatic rings. The number of aromatic amines is 1. The highest BCUT2D eigenvalue weighted by Crippen LogP contribution is 2.19. The van der Waals surface area contributed by atoms with E-state index in [-0.39, 0.29) is 24.0 Å². The molecule has 4 rings (SSSR count). The second-order valence-electron chi connectivity index (χ2n) is 6.34. The largest absolute Gasteiger partial charge is 0.370 e. The van der Waals surface area contributed by atoms with E-state index in [0.29, 0.717) is 12.5 Å². The van der Waals surface area contributed by atoms with Crippen molar-refractivity contribution >= 4 is 58.3 Å². The maximum atomic E-state index is 6.20. The molecule has 1 aliphatic heterocycles. The van der Waals surface area contributed by atoms with Crippen LogP contribution in [0.4, 0.5) is 5.69 Å². The summed E-state index contributed by atoms with van der Waals surface area (Å²) in [7, 11) is 0. The number of nitrogens with two attached hydrogens (primary N) is 1. The molecule has 27 heavy (non-hydrogen) atoms. The first-order valence-corrected chi connectivity index (χ1v) is 9.05. The molecular formula is C19H22ClIN6. The molecule has 8 heteroatoms. The number of H-pyrrole nitrogens is 1. The van der Waals surface area contributed by atoms with Crippen molar-refractivity contribution in [2.45, 2.75) is 6.54 Å². The molecule has 0 bridgehead atoms. The minimum Gasteiger partial charge on any atom is -0.370 e. The molecule has 1 aliphatic rings. The summed E-state index contributed by atoms with van der Waals surface area (Å²) in [5.74, 6) is 0.578. The molecule has 1 aromatic carbocycles. The summed E-state index contributed by atoms with van der Waals surface area (Å²) in [5, 5.41) is 1.86. The molecular weight excluding hydrogens is 475 g/mol. The van der Waals surface area contributed by atoms with Gasteiger partial charge in [0.15, 0.2) is 5.96 Å². The fourth-order valence-electron chi connectivity index (χ4n) is 3.17. The third-order valence-corrected chi connectivity index (χ3v) is 4.92. The van der Waals surface area contributed by atoms with E-state index in [1.54, 1.807) is 0 Å². The number of hydrogen-bond acceptors (Lipinski definition) is 3. The van der Waals surface area contributed by atoms with Gasteiger partial charge in [0.1, 0.15) is 5.65 Å². The van der Waals surface area contributed by atoms with Crippen molar-refractivity contribution in [3.05, 3.63) is 59.4 Å². The van der Waals surface area contributed by atoms with E-state index < -0.39 is 0 Å². The third kappa shape index (κ3) is 4.65. The molecule has 0 aliphatic carbocycles. The Morgan fingerprint density at radius 3 is 2.56 bits per heavy atom. The topological polar surface area (TPSA) is 73.5 Å². The minimum atomic E-state index is 0. The number of fused-ring (bicyclic) bond motifs is 1. The number of pyridine rings is 1. The molecule has 142 valence electrons. The Balaban J connectivity index is 0.00000210. The van der Waals surface area contributed by atoms with Crippen LogP contribution in [0.3, 0.4) is 0 Å². The van der Waals surface area contributed by atoms with Crippen molar-refractivity contribution in [2.75, 3.05) is 31.1 Å². The first kappa shape index (κ1) is 19.8. The van der Waals surface area contributed by atoms with Gasteiger partial charge in [-0.2, -0.15) is 0 Å². The number of aliphatic imine (C=N–C) groups is 1. The minimum absolute atomic E-state index is 0. The van der Waals surface area contributed by atoms with E-state index in [4.69, 9.17) is 17.3 Å². The van der Waals surface area contributed by atoms with Gasteiger partial charge in [0, 0.05) is 48.5 Å². The Bertz CT molecular complexity index is 915. The van der Waals surface area contributed by atoms with Crippen LogP contribution in [0.5, 0.6) is 0 Å². The van der Waals surface area contributed by atoms with E-state index in [1.807, 2.05) is 36.5 Å². The number of nitrogens with zero attached hydrogens (tertiary/aromatic N) is 4. The molecule has 1 fully saturated rings. The number of halogens is 2. The molecule has 0 saturated carbocycles. The van der Waals surface area contributed by atoms with Gasteiger partial charge in [-0.05, 0) is 42.5 Å². The average Bonchev–Trinajstić information content (AvgIpc) is 3.15. The van der Waals surface area contributed by atoms with Gasteiger partial charge in [0.25, 0.3) is 0 Å². The smallest absolute Gasteiger partial charge is 0.191 e. The number of aromatic nitrogens is 2. The van der Waals surface area contributed by atoms with Crippen molar-refractivity contribution in [3.8, 4) is 0 Å². The first-order valence-electron chi connectivity index (χ1n) is 8.67. The monoisotopic (exact) mass is 496 g/mol. The molecule has 0 spiro atoms. The molecule has 0 amide bonds. The predicted octanol–water partition coefficient (Wildman–Crippen LogP) is 3.47. The van der Waals surface area contributed by atoms with Gasteiger partial charge in [-0.15, -0.1) is 24.0 Å².